The van der Waals surface area contributed by atoms with E-state index in [9.17, 15) is 0 Å². The van der Waals surface area contributed by atoms with Crippen LogP contribution < -0.4 is 0 Å². The lowest BCUT2D eigenvalue weighted by atomic mass is 9.95. The van der Waals surface area contributed by atoms with Crippen LogP contribution in [0.2, 0.25) is 0 Å². The summed E-state index contributed by atoms with van der Waals surface area (Å²) in [6.45, 7) is 5.25. The van der Waals surface area contributed by atoms with Crippen LogP contribution in [-0.4, -0.2) is 11.4 Å². The van der Waals surface area contributed by atoms with Crippen LogP contribution in [0.1, 0.15) is 53.8 Å². The molecular weight excluding hydrogens is 486 g/mol. The molecule has 0 bridgehead atoms. The van der Waals surface area contributed by atoms with Gasteiger partial charge in [0.1, 0.15) is 5.76 Å². The van der Waals surface area contributed by atoms with Crippen LogP contribution in [-0.2, 0) is 4.74 Å². The van der Waals surface area contributed by atoms with Crippen molar-refractivity contribution >= 4 is 11.3 Å². The number of allylic oxidation sites excluding steroid dienone is 3. The fourth-order valence-corrected chi connectivity index (χ4v) is 5.37. The van der Waals surface area contributed by atoms with Crippen LogP contribution in [0, 0.1) is 18.8 Å². The summed E-state index contributed by atoms with van der Waals surface area (Å²) >= 11 is 0. The van der Waals surface area contributed by atoms with Gasteiger partial charge in [0.25, 0.3) is 0 Å². The maximum Gasteiger partial charge on any atom is 0.198 e. The third-order valence-electron chi connectivity index (χ3n) is 7.43. The molecule has 1 unspecified atom stereocenters. The average molecular weight is 520 g/mol. The second kappa shape index (κ2) is 11.6. The fraction of sp³-hybridized carbons (Fsp3) is 0.158. The van der Waals surface area contributed by atoms with Crippen LogP contribution in [0.15, 0.2) is 138 Å². The molecule has 0 amide bonds. The molecule has 6 rings (SSSR count). The first-order chi connectivity index (χ1) is 19.7. The van der Waals surface area contributed by atoms with Crippen molar-refractivity contribution in [2.75, 3.05) is 6.54 Å². The summed E-state index contributed by atoms with van der Waals surface area (Å²) in [6.07, 6.45) is 4.15. The first-order valence-corrected chi connectivity index (χ1v) is 14.1. The van der Waals surface area contributed by atoms with E-state index in [1.165, 1.54) is 16.8 Å². The first-order valence-electron chi connectivity index (χ1n) is 14.1. The van der Waals surface area contributed by atoms with Crippen molar-refractivity contribution in [3.8, 4) is 11.8 Å². The summed E-state index contributed by atoms with van der Waals surface area (Å²) in [4.78, 5) is 2.45. The molecule has 4 aromatic carbocycles. The first kappa shape index (κ1) is 25.5. The van der Waals surface area contributed by atoms with Gasteiger partial charge in [0.05, 0.1) is 11.3 Å². The van der Waals surface area contributed by atoms with Crippen LogP contribution in [0.5, 0.6) is 0 Å². The van der Waals surface area contributed by atoms with Gasteiger partial charge in [0.2, 0.25) is 0 Å². The van der Waals surface area contributed by atoms with E-state index in [4.69, 9.17) is 4.74 Å². The van der Waals surface area contributed by atoms with Gasteiger partial charge in [0, 0.05) is 28.8 Å². The Kier molecular flexibility index (Phi) is 7.38. The summed E-state index contributed by atoms with van der Waals surface area (Å²) in [6, 6.07) is 40.2. The van der Waals surface area contributed by atoms with E-state index in [0.29, 0.717) is 0 Å². The van der Waals surface area contributed by atoms with Crippen LogP contribution >= 0.6 is 0 Å². The Labute approximate surface area is 238 Å². The van der Waals surface area contributed by atoms with Gasteiger partial charge in [0.15, 0.2) is 6.23 Å². The summed E-state index contributed by atoms with van der Waals surface area (Å²) in [5.74, 6) is 7.87. The molecule has 0 N–H and O–H groups in total. The lowest BCUT2D eigenvalue weighted by Crippen LogP contribution is -2.35. The van der Waals surface area contributed by atoms with Crippen molar-refractivity contribution in [2.45, 2.75) is 32.9 Å². The highest BCUT2D eigenvalue weighted by atomic mass is 16.5. The standard InChI is InChI=1S/C38H33NO/c1-3-4-26-39-36(31-16-10-6-11-17-31)35-33(25-22-29-14-8-5-9-15-29)27-34(30-23-20-28(2)21-24-30)37(35)40-38(39)32-18-12-7-13-19-32/h5-21,23-24,27,38H,3-4,26H2,1-2H3. The fourth-order valence-electron chi connectivity index (χ4n) is 5.37. The Morgan fingerprint density at radius 1 is 0.725 bits per heavy atom. The molecule has 0 spiro atoms. The van der Waals surface area contributed by atoms with Crippen molar-refractivity contribution in [2.24, 2.45) is 0 Å². The second-order valence-corrected chi connectivity index (χ2v) is 10.3. The molecule has 0 aromatic heterocycles. The van der Waals surface area contributed by atoms with Gasteiger partial charge in [-0.1, -0.05) is 134 Å². The largest absolute Gasteiger partial charge is 0.465 e. The van der Waals surface area contributed by atoms with Crippen LogP contribution in [0.3, 0.4) is 0 Å². The Morgan fingerprint density at radius 2 is 1.38 bits per heavy atom. The van der Waals surface area contributed by atoms with Gasteiger partial charge < -0.3 is 9.64 Å². The number of rotatable bonds is 6. The molecule has 1 aliphatic carbocycles. The summed E-state index contributed by atoms with van der Waals surface area (Å²) < 4.78 is 7.07. The zero-order valence-corrected chi connectivity index (χ0v) is 23.1. The molecule has 2 heteroatoms. The summed E-state index contributed by atoms with van der Waals surface area (Å²) in [5.41, 5.74) is 10.0. The minimum Gasteiger partial charge on any atom is -0.465 e. The molecular formula is C38H33NO. The Morgan fingerprint density at radius 3 is 2.05 bits per heavy atom. The number of nitrogens with zero attached hydrogens (tertiary/aromatic N) is 1. The van der Waals surface area contributed by atoms with Crippen LogP contribution in [0.25, 0.3) is 11.3 Å². The molecule has 2 aliphatic rings. The van der Waals surface area contributed by atoms with Crippen molar-refractivity contribution < 1.29 is 4.74 Å². The van der Waals surface area contributed by atoms with Crippen molar-refractivity contribution in [3.05, 3.63) is 166 Å². The Hall–Kier alpha value is -4.74. The minimum atomic E-state index is -0.239. The van der Waals surface area contributed by atoms with E-state index in [0.717, 1.165) is 58.6 Å². The summed E-state index contributed by atoms with van der Waals surface area (Å²) in [7, 11) is 0. The van der Waals surface area contributed by atoms with Crippen molar-refractivity contribution in [3.63, 3.8) is 0 Å². The zero-order valence-electron chi connectivity index (χ0n) is 23.1. The topological polar surface area (TPSA) is 12.5 Å². The van der Waals surface area contributed by atoms with Gasteiger partial charge in [-0.2, -0.15) is 0 Å². The monoisotopic (exact) mass is 519 g/mol. The molecule has 0 saturated carbocycles. The van der Waals surface area contributed by atoms with Gasteiger partial charge in [-0.3, -0.25) is 0 Å². The normalized spacial score (nSPS) is 16.2. The number of unbranched alkanes of at least 4 members (excludes halogenated alkanes) is 1. The van der Waals surface area contributed by atoms with Gasteiger partial charge in [-0.05, 0) is 42.7 Å². The highest BCUT2D eigenvalue weighted by Gasteiger charge is 2.39. The van der Waals surface area contributed by atoms with Gasteiger partial charge in [-0.25, -0.2) is 0 Å². The summed E-state index contributed by atoms with van der Waals surface area (Å²) in [5, 5.41) is 0. The second-order valence-electron chi connectivity index (χ2n) is 10.3. The quantitative estimate of drug-likeness (QED) is 0.236. The Balaban J connectivity index is 1.62. The van der Waals surface area contributed by atoms with E-state index >= 15 is 0 Å². The molecule has 196 valence electrons. The van der Waals surface area contributed by atoms with Gasteiger partial charge >= 0.3 is 0 Å². The van der Waals surface area contributed by atoms with E-state index in [2.05, 4.69) is 134 Å². The van der Waals surface area contributed by atoms with Crippen LogP contribution in [0.4, 0.5) is 0 Å². The molecule has 2 nitrogen and oxygen atoms in total. The molecule has 4 aromatic rings. The lowest BCUT2D eigenvalue weighted by molar-refractivity contribution is 0.00388. The predicted octanol–water partition coefficient (Wildman–Crippen LogP) is 8.94. The highest BCUT2D eigenvalue weighted by molar-refractivity contribution is 5.94. The average Bonchev–Trinajstić information content (AvgIpc) is 3.38. The predicted molar refractivity (Wildman–Crippen MR) is 165 cm³/mol. The number of ether oxygens (including phenoxy) is 1. The van der Waals surface area contributed by atoms with Gasteiger partial charge in [-0.15, -0.1) is 0 Å². The lowest BCUT2D eigenvalue weighted by Gasteiger charge is -2.41. The number of aryl methyl sites for hydroxylation is 1. The third-order valence-corrected chi connectivity index (χ3v) is 7.43. The SMILES string of the molecule is CCCCN1C(c2ccccc2)=C2C(C#Cc3ccccc3)=CC(c3ccc(C)cc3)=C2OC1c1ccccc1. The third kappa shape index (κ3) is 5.12. The number of hydrogen-bond acceptors (Lipinski definition) is 2. The van der Waals surface area contributed by atoms with E-state index in [1.807, 2.05) is 18.2 Å². The number of hydrogen-bond donors (Lipinski definition) is 0. The minimum absolute atomic E-state index is 0.239. The number of benzene rings is 4. The smallest absolute Gasteiger partial charge is 0.198 e. The number of fused-ring (bicyclic) bond motifs is 1. The molecule has 40 heavy (non-hydrogen) atoms. The highest BCUT2D eigenvalue weighted by Crippen LogP contribution is 2.50. The van der Waals surface area contributed by atoms with E-state index < -0.39 is 0 Å². The molecule has 0 fully saturated rings. The van der Waals surface area contributed by atoms with Crippen molar-refractivity contribution in [1.82, 2.24) is 4.90 Å². The van der Waals surface area contributed by atoms with E-state index in [1.54, 1.807) is 0 Å². The molecule has 1 heterocycles. The van der Waals surface area contributed by atoms with E-state index in [-0.39, 0.29) is 6.23 Å². The maximum absolute atomic E-state index is 7.07. The molecule has 0 saturated heterocycles. The maximum atomic E-state index is 7.07. The molecule has 0 radical (unpaired) electrons. The van der Waals surface area contributed by atoms with Crippen molar-refractivity contribution in [1.29, 1.82) is 0 Å². The molecule has 1 aliphatic heterocycles. The zero-order chi connectivity index (χ0) is 27.3. The Bertz CT molecular complexity index is 1630. The molecule has 1 atom stereocenters.